The van der Waals surface area contributed by atoms with E-state index in [-0.39, 0.29) is 31.0 Å². The molecule has 0 fully saturated rings. The lowest BCUT2D eigenvalue weighted by atomic mass is 10.1. The number of amides is 1. The molecular formula is C18H25ClN2O3. The zero-order valence-corrected chi connectivity index (χ0v) is 15.1. The number of hydrogen-bond acceptors (Lipinski definition) is 4. The van der Waals surface area contributed by atoms with Gasteiger partial charge in [-0.25, -0.2) is 4.79 Å². The van der Waals surface area contributed by atoms with Crippen molar-refractivity contribution in [3.8, 4) is 5.75 Å². The SMILES string of the molecule is CCCCCC(CC)NC(=O)CN1CC(=O)Oc2ccc(Cl)cc21. The number of esters is 1. The van der Waals surface area contributed by atoms with Crippen molar-refractivity contribution in [1.29, 1.82) is 0 Å². The molecule has 1 aromatic rings. The second-order valence-corrected chi connectivity index (χ2v) is 6.55. The van der Waals surface area contributed by atoms with Crippen molar-refractivity contribution in [2.75, 3.05) is 18.0 Å². The van der Waals surface area contributed by atoms with Crippen LogP contribution in [0.15, 0.2) is 18.2 Å². The summed E-state index contributed by atoms with van der Waals surface area (Å²) in [5.41, 5.74) is 0.677. The van der Waals surface area contributed by atoms with Gasteiger partial charge in [0, 0.05) is 11.1 Å². The molecule has 0 aromatic heterocycles. The van der Waals surface area contributed by atoms with Crippen LogP contribution in [0.3, 0.4) is 0 Å². The fourth-order valence-electron chi connectivity index (χ4n) is 2.83. The minimum Gasteiger partial charge on any atom is -0.423 e. The molecule has 1 heterocycles. The van der Waals surface area contributed by atoms with Gasteiger partial charge in [0.15, 0.2) is 5.75 Å². The highest BCUT2D eigenvalue weighted by Crippen LogP contribution is 2.34. The Hall–Kier alpha value is -1.75. The van der Waals surface area contributed by atoms with Gasteiger partial charge in [0.2, 0.25) is 5.91 Å². The Labute approximate surface area is 148 Å². The van der Waals surface area contributed by atoms with Crippen LogP contribution in [0.25, 0.3) is 0 Å². The lowest BCUT2D eigenvalue weighted by Gasteiger charge is -2.30. The van der Waals surface area contributed by atoms with E-state index >= 15 is 0 Å². The van der Waals surface area contributed by atoms with Gasteiger partial charge < -0.3 is 15.0 Å². The van der Waals surface area contributed by atoms with E-state index in [9.17, 15) is 9.59 Å². The summed E-state index contributed by atoms with van der Waals surface area (Å²) in [6.45, 7) is 4.40. The predicted octanol–water partition coefficient (Wildman–Crippen LogP) is 3.54. The molecular weight excluding hydrogens is 328 g/mol. The second kappa shape index (κ2) is 8.92. The van der Waals surface area contributed by atoms with Gasteiger partial charge in [0.25, 0.3) is 0 Å². The normalized spacial score (nSPS) is 14.8. The van der Waals surface area contributed by atoms with Gasteiger partial charge in [-0.05, 0) is 31.0 Å². The molecule has 2 rings (SSSR count). The van der Waals surface area contributed by atoms with Gasteiger partial charge >= 0.3 is 5.97 Å². The van der Waals surface area contributed by atoms with Crippen molar-refractivity contribution in [2.24, 2.45) is 0 Å². The highest BCUT2D eigenvalue weighted by atomic mass is 35.5. The molecule has 1 aliphatic rings. The van der Waals surface area contributed by atoms with Crippen LogP contribution in [0.4, 0.5) is 5.69 Å². The lowest BCUT2D eigenvalue weighted by Crippen LogP contribution is -2.45. The second-order valence-electron chi connectivity index (χ2n) is 6.11. The Bertz CT molecular complexity index is 592. The number of halogens is 1. The highest BCUT2D eigenvalue weighted by Gasteiger charge is 2.26. The topological polar surface area (TPSA) is 58.6 Å². The molecule has 24 heavy (non-hydrogen) atoms. The van der Waals surface area contributed by atoms with E-state index in [1.807, 2.05) is 0 Å². The van der Waals surface area contributed by atoms with Crippen LogP contribution in [0.1, 0.15) is 46.0 Å². The first-order chi connectivity index (χ1) is 11.5. The number of anilines is 1. The van der Waals surface area contributed by atoms with E-state index in [0.717, 1.165) is 25.7 Å². The monoisotopic (exact) mass is 352 g/mol. The molecule has 0 radical (unpaired) electrons. The molecule has 1 N–H and O–H groups in total. The minimum atomic E-state index is -0.368. The molecule has 1 unspecified atom stereocenters. The van der Waals surface area contributed by atoms with Crippen LogP contribution in [0.2, 0.25) is 5.02 Å². The van der Waals surface area contributed by atoms with Crippen LogP contribution >= 0.6 is 11.6 Å². The lowest BCUT2D eigenvalue weighted by molar-refractivity contribution is -0.133. The maximum atomic E-state index is 12.4. The van der Waals surface area contributed by atoms with Crippen LogP contribution in [0, 0.1) is 0 Å². The molecule has 0 saturated heterocycles. The molecule has 1 amide bonds. The van der Waals surface area contributed by atoms with E-state index in [4.69, 9.17) is 16.3 Å². The largest absolute Gasteiger partial charge is 0.423 e. The molecule has 0 saturated carbocycles. The predicted molar refractivity (Wildman–Crippen MR) is 95.7 cm³/mol. The molecule has 132 valence electrons. The van der Waals surface area contributed by atoms with E-state index < -0.39 is 0 Å². The van der Waals surface area contributed by atoms with E-state index in [0.29, 0.717) is 16.5 Å². The number of fused-ring (bicyclic) bond motifs is 1. The summed E-state index contributed by atoms with van der Waals surface area (Å²) >= 11 is 6.02. The highest BCUT2D eigenvalue weighted by molar-refractivity contribution is 6.31. The Morgan fingerprint density at radius 3 is 2.88 bits per heavy atom. The maximum absolute atomic E-state index is 12.4. The average Bonchev–Trinajstić information content (AvgIpc) is 2.54. The number of rotatable bonds is 8. The number of ether oxygens (including phenoxy) is 1. The van der Waals surface area contributed by atoms with Gasteiger partial charge in [-0.1, -0.05) is 44.7 Å². The molecule has 6 heteroatoms. The summed E-state index contributed by atoms with van der Waals surface area (Å²) in [6, 6.07) is 5.21. The Morgan fingerprint density at radius 1 is 1.38 bits per heavy atom. The first-order valence-electron chi connectivity index (χ1n) is 8.58. The number of nitrogens with zero attached hydrogens (tertiary/aromatic N) is 1. The Kier molecular flexibility index (Phi) is 6.91. The van der Waals surface area contributed by atoms with E-state index in [1.165, 1.54) is 6.42 Å². The summed E-state index contributed by atoms with van der Waals surface area (Å²) in [7, 11) is 0. The van der Waals surface area contributed by atoms with Crippen molar-refractivity contribution in [2.45, 2.75) is 52.0 Å². The van der Waals surface area contributed by atoms with Gasteiger partial charge in [-0.2, -0.15) is 0 Å². The quantitative estimate of drug-likeness (QED) is 0.441. The Balaban J connectivity index is 1.98. The van der Waals surface area contributed by atoms with Crippen molar-refractivity contribution in [3.63, 3.8) is 0 Å². The smallest absolute Gasteiger partial charge is 0.331 e. The molecule has 0 aliphatic carbocycles. The number of carbonyl (C=O) groups excluding carboxylic acids is 2. The Morgan fingerprint density at radius 2 is 2.17 bits per heavy atom. The zero-order valence-electron chi connectivity index (χ0n) is 14.3. The third kappa shape index (κ3) is 5.13. The van der Waals surface area contributed by atoms with E-state index in [1.54, 1.807) is 23.1 Å². The molecule has 0 spiro atoms. The summed E-state index contributed by atoms with van der Waals surface area (Å²) in [6.07, 6.45) is 5.35. The first-order valence-corrected chi connectivity index (χ1v) is 8.95. The first kappa shape index (κ1) is 18.6. The van der Waals surface area contributed by atoms with Gasteiger partial charge in [-0.3, -0.25) is 4.79 Å². The summed E-state index contributed by atoms with van der Waals surface area (Å²) in [4.78, 5) is 25.8. The maximum Gasteiger partial charge on any atom is 0.331 e. The number of hydrogen-bond donors (Lipinski definition) is 1. The molecule has 0 bridgehead atoms. The third-order valence-corrected chi connectivity index (χ3v) is 4.39. The minimum absolute atomic E-state index is 0.0490. The zero-order chi connectivity index (χ0) is 17.5. The van der Waals surface area contributed by atoms with Gasteiger partial charge in [-0.15, -0.1) is 0 Å². The van der Waals surface area contributed by atoms with Crippen molar-refractivity contribution in [1.82, 2.24) is 5.32 Å². The fraction of sp³-hybridized carbons (Fsp3) is 0.556. The standard InChI is InChI=1S/C18H25ClN2O3/c1-3-5-6-7-14(4-2)20-17(22)11-21-12-18(23)24-16-9-8-13(19)10-15(16)21/h8-10,14H,3-7,11-12H2,1-2H3,(H,20,22). The summed E-state index contributed by atoms with van der Waals surface area (Å²) < 4.78 is 5.20. The van der Waals surface area contributed by atoms with Crippen LogP contribution in [-0.2, 0) is 9.59 Å². The molecule has 1 atom stereocenters. The van der Waals surface area contributed by atoms with Crippen molar-refractivity contribution >= 4 is 29.2 Å². The van der Waals surface area contributed by atoms with Gasteiger partial charge in [0.05, 0.1) is 12.2 Å². The van der Waals surface area contributed by atoms with E-state index in [2.05, 4.69) is 19.2 Å². The van der Waals surface area contributed by atoms with Crippen LogP contribution in [-0.4, -0.2) is 31.0 Å². The summed E-state index contributed by atoms with van der Waals surface area (Å²) in [5, 5.41) is 3.61. The third-order valence-electron chi connectivity index (χ3n) is 4.15. The number of benzene rings is 1. The molecule has 1 aromatic carbocycles. The van der Waals surface area contributed by atoms with Gasteiger partial charge in [0.1, 0.15) is 6.54 Å². The number of unbranched alkanes of at least 4 members (excludes halogenated alkanes) is 2. The number of nitrogens with one attached hydrogen (secondary N) is 1. The average molecular weight is 353 g/mol. The van der Waals surface area contributed by atoms with Crippen LogP contribution in [0.5, 0.6) is 5.75 Å². The van der Waals surface area contributed by atoms with Crippen molar-refractivity contribution < 1.29 is 14.3 Å². The molecule has 5 nitrogen and oxygen atoms in total. The van der Waals surface area contributed by atoms with Crippen LogP contribution < -0.4 is 15.0 Å². The van der Waals surface area contributed by atoms with Crippen molar-refractivity contribution in [3.05, 3.63) is 23.2 Å². The number of carbonyl (C=O) groups is 2. The molecule has 1 aliphatic heterocycles. The summed E-state index contributed by atoms with van der Waals surface area (Å²) in [5.74, 6) is -0.00924. The fourth-order valence-corrected chi connectivity index (χ4v) is 2.99.